The lowest BCUT2D eigenvalue weighted by molar-refractivity contribution is 0.980. The highest BCUT2D eigenvalue weighted by molar-refractivity contribution is 6.30. The van der Waals surface area contributed by atoms with Crippen LogP contribution in [-0.2, 0) is 0 Å². The van der Waals surface area contributed by atoms with Crippen molar-refractivity contribution in [3.8, 4) is 0 Å². The number of aryl methyl sites for hydroxylation is 1. The van der Waals surface area contributed by atoms with Crippen LogP contribution < -0.4 is 10.9 Å². The number of halogens is 1. The van der Waals surface area contributed by atoms with Crippen LogP contribution in [0.15, 0.2) is 18.2 Å². The van der Waals surface area contributed by atoms with Gasteiger partial charge in [-0.1, -0.05) is 17.7 Å². The van der Waals surface area contributed by atoms with Crippen LogP contribution in [0.5, 0.6) is 0 Å². The molecule has 0 fully saturated rings. The molecule has 0 heterocycles. The maximum Gasteiger partial charge on any atom is 0.0531 e. The van der Waals surface area contributed by atoms with E-state index >= 15 is 0 Å². The molecule has 0 spiro atoms. The third-order valence-corrected chi connectivity index (χ3v) is 1.69. The molecule has 0 radical (unpaired) electrons. The van der Waals surface area contributed by atoms with Gasteiger partial charge in [0.15, 0.2) is 0 Å². The fourth-order valence-corrected chi connectivity index (χ4v) is 1.04. The van der Waals surface area contributed by atoms with Gasteiger partial charge in [-0.05, 0) is 24.6 Å². The van der Waals surface area contributed by atoms with Crippen molar-refractivity contribution >= 4 is 17.3 Å². The number of hydrogen-bond acceptors (Lipinski definition) is 2. The second kappa shape index (κ2) is 3.60. The van der Waals surface area contributed by atoms with E-state index in [1.165, 1.54) is 5.56 Å². The van der Waals surface area contributed by atoms with Crippen molar-refractivity contribution in [1.82, 2.24) is 5.43 Å². The Bertz CT molecular complexity index is 248. The van der Waals surface area contributed by atoms with Gasteiger partial charge in [-0.3, -0.25) is 0 Å². The summed E-state index contributed by atoms with van der Waals surface area (Å²) in [6.45, 7) is 2.02. The summed E-state index contributed by atoms with van der Waals surface area (Å²) in [5.41, 5.74) is 8.01. The maximum atomic E-state index is 5.78. The Morgan fingerprint density at radius 2 is 2.09 bits per heavy atom. The molecule has 0 bridgehead atoms. The summed E-state index contributed by atoms with van der Waals surface area (Å²) in [5.74, 6) is 0. The van der Waals surface area contributed by atoms with Gasteiger partial charge < -0.3 is 5.43 Å². The molecule has 1 aromatic rings. The Morgan fingerprint density at radius 3 is 2.73 bits per heavy atom. The summed E-state index contributed by atoms with van der Waals surface area (Å²) in [6.07, 6.45) is 0. The molecule has 0 amide bonds. The molecular weight excluding hydrogens is 160 g/mol. The number of hydrazine groups is 1. The molecule has 0 atom stereocenters. The van der Waals surface area contributed by atoms with Gasteiger partial charge in [0.25, 0.3) is 0 Å². The summed E-state index contributed by atoms with van der Waals surface area (Å²) < 4.78 is 0. The quantitative estimate of drug-likeness (QED) is 0.665. The molecule has 1 rings (SSSR count). The lowest BCUT2D eigenvalue weighted by atomic mass is 10.2. The van der Waals surface area contributed by atoms with E-state index in [0.717, 1.165) is 10.7 Å². The summed E-state index contributed by atoms with van der Waals surface area (Å²) in [4.78, 5) is 0. The molecule has 0 aromatic heterocycles. The zero-order valence-electron chi connectivity index (χ0n) is 6.61. The van der Waals surface area contributed by atoms with Crippen molar-refractivity contribution in [3.63, 3.8) is 0 Å². The third kappa shape index (κ3) is 2.10. The van der Waals surface area contributed by atoms with E-state index in [9.17, 15) is 0 Å². The number of benzene rings is 1. The van der Waals surface area contributed by atoms with E-state index in [4.69, 9.17) is 11.6 Å². The summed E-state index contributed by atoms with van der Waals surface area (Å²) in [7, 11) is 1.82. The van der Waals surface area contributed by atoms with Gasteiger partial charge in [0, 0.05) is 12.1 Å². The number of hydrogen-bond donors (Lipinski definition) is 2. The lowest BCUT2D eigenvalue weighted by Crippen LogP contribution is -2.15. The molecule has 11 heavy (non-hydrogen) atoms. The van der Waals surface area contributed by atoms with Crippen molar-refractivity contribution in [2.24, 2.45) is 0 Å². The minimum atomic E-state index is 0.744. The highest BCUT2D eigenvalue weighted by Gasteiger charge is 1.95. The van der Waals surface area contributed by atoms with E-state index in [0.29, 0.717) is 0 Å². The smallest absolute Gasteiger partial charge is 0.0531 e. The maximum absolute atomic E-state index is 5.78. The summed E-state index contributed by atoms with van der Waals surface area (Å²) >= 11 is 5.78. The fourth-order valence-electron chi connectivity index (χ4n) is 0.864. The van der Waals surface area contributed by atoms with Crippen LogP contribution in [0.4, 0.5) is 5.69 Å². The molecule has 0 saturated heterocycles. The third-order valence-electron chi connectivity index (χ3n) is 1.46. The standard InChI is InChI=1S/C8H11ClN2/c1-6-3-4-7(9)5-8(6)11-10-2/h3-5,10-11H,1-2H3. The van der Waals surface area contributed by atoms with E-state index in [2.05, 4.69) is 10.9 Å². The number of anilines is 1. The molecule has 60 valence electrons. The molecule has 0 aliphatic carbocycles. The summed E-state index contributed by atoms with van der Waals surface area (Å²) in [6, 6.07) is 5.73. The van der Waals surface area contributed by atoms with E-state index in [-0.39, 0.29) is 0 Å². The van der Waals surface area contributed by atoms with Crippen LogP contribution in [0.3, 0.4) is 0 Å². The van der Waals surface area contributed by atoms with Gasteiger partial charge in [-0.2, -0.15) is 0 Å². The molecular formula is C8H11ClN2. The van der Waals surface area contributed by atoms with Crippen LogP contribution in [0.2, 0.25) is 5.02 Å². The van der Waals surface area contributed by atoms with Crippen LogP contribution in [0.1, 0.15) is 5.56 Å². The average Bonchev–Trinajstić information content (AvgIpc) is 1.98. The van der Waals surface area contributed by atoms with Gasteiger partial charge in [0.2, 0.25) is 0 Å². The Hall–Kier alpha value is -0.730. The minimum absolute atomic E-state index is 0.744. The SMILES string of the molecule is CNNc1cc(Cl)ccc1C. The van der Waals surface area contributed by atoms with Crippen LogP contribution >= 0.6 is 11.6 Å². The van der Waals surface area contributed by atoms with Crippen molar-refractivity contribution in [3.05, 3.63) is 28.8 Å². The molecule has 0 unspecified atom stereocenters. The first-order valence-corrected chi connectivity index (χ1v) is 3.80. The second-order valence-corrected chi connectivity index (χ2v) is 2.77. The second-order valence-electron chi connectivity index (χ2n) is 2.33. The molecule has 2 nitrogen and oxygen atoms in total. The van der Waals surface area contributed by atoms with Crippen LogP contribution in [-0.4, -0.2) is 7.05 Å². The zero-order chi connectivity index (χ0) is 8.27. The van der Waals surface area contributed by atoms with Gasteiger partial charge >= 0.3 is 0 Å². The largest absolute Gasteiger partial charge is 0.321 e. The first kappa shape index (κ1) is 8.37. The van der Waals surface area contributed by atoms with Gasteiger partial charge in [-0.15, -0.1) is 0 Å². The molecule has 1 aromatic carbocycles. The van der Waals surface area contributed by atoms with Crippen LogP contribution in [0, 0.1) is 6.92 Å². The highest BCUT2D eigenvalue weighted by atomic mass is 35.5. The molecule has 0 aliphatic heterocycles. The Labute approximate surface area is 71.5 Å². The van der Waals surface area contributed by atoms with Crippen molar-refractivity contribution < 1.29 is 0 Å². The van der Waals surface area contributed by atoms with Crippen molar-refractivity contribution in [2.75, 3.05) is 12.5 Å². The Morgan fingerprint density at radius 1 is 1.36 bits per heavy atom. The number of nitrogens with one attached hydrogen (secondary N) is 2. The normalized spacial score (nSPS) is 9.73. The first-order valence-electron chi connectivity index (χ1n) is 3.43. The topological polar surface area (TPSA) is 24.1 Å². The lowest BCUT2D eigenvalue weighted by Gasteiger charge is -2.07. The molecule has 2 N–H and O–H groups in total. The minimum Gasteiger partial charge on any atom is -0.321 e. The van der Waals surface area contributed by atoms with Gasteiger partial charge in [0.1, 0.15) is 0 Å². The molecule has 3 heteroatoms. The first-order chi connectivity index (χ1) is 5.24. The Balaban J connectivity index is 2.93. The zero-order valence-corrected chi connectivity index (χ0v) is 7.37. The van der Waals surface area contributed by atoms with E-state index in [1.807, 2.05) is 32.2 Å². The number of rotatable bonds is 2. The van der Waals surface area contributed by atoms with Gasteiger partial charge in [0.05, 0.1) is 5.69 Å². The predicted molar refractivity (Wildman–Crippen MR) is 48.9 cm³/mol. The van der Waals surface area contributed by atoms with Crippen molar-refractivity contribution in [2.45, 2.75) is 6.92 Å². The van der Waals surface area contributed by atoms with E-state index in [1.54, 1.807) is 0 Å². The monoisotopic (exact) mass is 170 g/mol. The highest BCUT2D eigenvalue weighted by Crippen LogP contribution is 2.18. The average molecular weight is 171 g/mol. The van der Waals surface area contributed by atoms with Crippen molar-refractivity contribution in [1.29, 1.82) is 0 Å². The Kier molecular flexibility index (Phi) is 2.74. The van der Waals surface area contributed by atoms with Crippen LogP contribution in [0.25, 0.3) is 0 Å². The van der Waals surface area contributed by atoms with E-state index < -0.39 is 0 Å². The molecule has 0 saturated carbocycles. The molecule has 0 aliphatic rings. The summed E-state index contributed by atoms with van der Waals surface area (Å²) in [5, 5.41) is 0.744. The van der Waals surface area contributed by atoms with Gasteiger partial charge in [-0.25, -0.2) is 5.43 Å². The predicted octanol–water partition coefficient (Wildman–Crippen LogP) is 2.19. The fraction of sp³-hybridized carbons (Fsp3) is 0.250.